The van der Waals surface area contributed by atoms with Crippen molar-refractivity contribution in [1.82, 2.24) is 0 Å². The van der Waals surface area contributed by atoms with Crippen LogP contribution in [0.15, 0.2) is 72.8 Å². The molecule has 0 saturated heterocycles. The van der Waals surface area contributed by atoms with Crippen LogP contribution in [0.3, 0.4) is 0 Å². The van der Waals surface area contributed by atoms with E-state index in [0.29, 0.717) is 25.7 Å². The van der Waals surface area contributed by atoms with Gasteiger partial charge >= 0.3 is 0 Å². The highest BCUT2D eigenvalue weighted by atomic mass is 16.6. The minimum atomic E-state index is -1.73. The highest BCUT2D eigenvalue weighted by molar-refractivity contribution is 5.90. The van der Waals surface area contributed by atoms with Crippen LogP contribution in [0.4, 0.5) is 0 Å². The summed E-state index contributed by atoms with van der Waals surface area (Å²) in [5, 5.41) is 35.8. The third-order valence-electron chi connectivity index (χ3n) is 11.2. The largest absolute Gasteiger partial charge is 0.396 e. The van der Waals surface area contributed by atoms with Gasteiger partial charge in [-0.15, -0.1) is 0 Å². The Bertz CT molecular complexity index is 1620. The van der Waals surface area contributed by atoms with Gasteiger partial charge in [0, 0.05) is 37.4 Å². The van der Waals surface area contributed by atoms with Crippen LogP contribution >= 0.6 is 0 Å². The van der Waals surface area contributed by atoms with Gasteiger partial charge in [0.1, 0.15) is 5.78 Å². The van der Waals surface area contributed by atoms with E-state index in [4.69, 9.17) is 4.74 Å². The molecule has 7 bridgehead atoms. The molecule has 41 heavy (non-hydrogen) atoms. The second-order valence-electron chi connectivity index (χ2n) is 13.0. The Kier molecular flexibility index (Phi) is 6.01. The maximum Gasteiger partial charge on any atom is 0.185 e. The molecule has 7 atom stereocenters. The first-order valence-electron chi connectivity index (χ1n) is 14.8. The molecule has 0 amide bonds. The fourth-order valence-corrected chi connectivity index (χ4v) is 9.11. The first kappa shape index (κ1) is 26.8. The number of carbonyl (C=O) groups excluding carboxylic acids is 1. The molecule has 3 aromatic carbocycles. The predicted octanol–water partition coefficient (Wildman–Crippen LogP) is 5.14. The lowest BCUT2D eigenvalue weighted by Gasteiger charge is -2.48. The van der Waals surface area contributed by atoms with Crippen molar-refractivity contribution in [3.05, 3.63) is 101 Å². The van der Waals surface area contributed by atoms with Crippen molar-refractivity contribution in [1.29, 1.82) is 0 Å². The molecule has 4 aliphatic rings. The molecule has 3 aromatic rings. The van der Waals surface area contributed by atoms with Gasteiger partial charge in [0.05, 0.1) is 11.5 Å². The van der Waals surface area contributed by atoms with E-state index < -0.39 is 28.6 Å². The molecule has 0 unspecified atom stereocenters. The van der Waals surface area contributed by atoms with Crippen LogP contribution in [-0.4, -0.2) is 46.7 Å². The third-order valence-corrected chi connectivity index (χ3v) is 11.2. The van der Waals surface area contributed by atoms with E-state index in [2.05, 4.69) is 56.0 Å². The van der Waals surface area contributed by atoms with E-state index >= 15 is 0 Å². The molecule has 2 saturated carbocycles. The molecule has 2 fully saturated rings. The minimum absolute atomic E-state index is 0.0398. The summed E-state index contributed by atoms with van der Waals surface area (Å²) in [6.45, 7) is 6.40. The number of ketones is 1. The van der Waals surface area contributed by atoms with Gasteiger partial charge in [-0.05, 0) is 76.3 Å². The summed E-state index contributed by atoms with van der Waals surface area (Å²) in [7, 11) is 1.47. The lowest BCUT2D eigenvalue weighted by Crippen LogP contribution is -2.56. The maximum absolute atomic E-state index is 14.5. The number of hydrogen-bond donors (Lipinski definition) is 3. The van der Waals surface area contributed by atoms with Gasteiger partial charge in [-0.2, -0.15) is 0 Å². The standard InChI is InChI=1S/C36H38O5/c1-21-33-28(20-37)19-35(36(33,40)41-3)32(39)12-8-22-5-4-6-23(13-22)15-30-29-17-27-14-24(18-34(21,35)2)7-9-25(27)16-26(29)10-11-31(30)38/h4-7,9-11,13-14,16-17,28,30-31,33,37-38,40H,1,8,12,15,18-20H2,2-3H3/t28-,30+,31+,33-,34+,35-,36+/m0/s1. The monoisotopic (exact) mass is 550 g/mol. The molecule has 7 rings (SSSR count). The summed E-state index contributed by atoms with van der Waals surface area (Å²) in [4.78, 5) is 14.5. The van der Waals surface area contributed by atoms with E-state index in [1.54, 1.807) is 0 Å². The predicted molar refractivity (Wildman–Crippen MR) is 159 cm³/mol. The van der Waals surface area contributed by atoms with Crippen LogP contribution in [0, 0.1) is 22.7 Å². The highest BCUT2D eigenvalue weighted by Gasteiger charge is 2.80. The number of methoxy groups -OCH3 is 1. The molecule has 0 heterocycles. The molecule has 5 nitrogen and oxygen atoms in total. The van der Waals surface area contributed by atoms with Gasteiger partial charge < -0.3 is 20.1 Å². The quantitative estimate of drug-likeness (QED) is 0.304. The average molecular weight is 551 g/mol. The molecular formula is C36H38O5. The van der Waals surface area contributed by atoms with Crippen LogP contribution in [0.5, 0.6) is 0 Å². The number of hydrogen-bond acceptors (Lipinski definition) is 5. The molecule has 5 heteroatoms. The summed E-state index contributed by atoms with van der Waals surface area (Å²) in [6.07, 6.45) is 5.70. The van der Waals surface area contributed by atoms with Crippen molar-refractivity contribution in [2.24, 2.45) is 22.7 Å². The van der Waals surface area contributed by atoms with Crippen molar-refractivity contribution in [3.8, 4) is 0 Å². The Labute approximate surface area is 241 Å². The van der Waals surface area contributed by atoms with E-state index in [-0.39, 0.29) is 30.6 Å². The second-order valence-corrected chi connectivity index (χ2v) is 13.0. The van der Waals surface area contributed by atoms with E-state index in [1.807, 2.05) is 24.3 Å². The Morgan fingerprint density at radius 1 is 1.02 bits per heavy atom. The van der Waals surface area contributed by atoms with Crippen LogP contribution in [0.2, 0.25) is 0 Å². The van der Waals surface area contributed by atoms with Crippen molar-refractivity contribution < 1.29 is 24.9 Å². The fourth-order valence-electron chi connectivity index (χ4n) is 9.11. The smallest absolute Gasteiger partial charge is 0.185 e. The first-order chi connectivity index (χ1) is 19.6. The SMILES string of the molecule is C=C1[C@H]2[C@H](CO)C[C@@]3(C(=O)CCc4cccc(c4)C[C@@H]4c5cc6cc(ccc6cc5C=C[C@H]4O)C[C@]13C)[C@]2(O)OC. The van der Waals surface area contributed by atoms with Crippen molar-refractivity contribution in [2.75, 3.05) is 13.7 Å². The average Bonchev–Trinajstić information content (AvgIpc) is 3.32. The van der Waals surface area contributed by atoms with Gasteiger partial charge in [-0.25, -0.2) is 0 Å². The molecule has 0 aromatic heterocycles. The number of ether oxygens (including phenoxy) is 1. The van der Waals surface area contributed by atoms with Gasteiger partial charge in [0.25, 0.3) is 0 Å². The van der Waals surface area contributed by atoms with E-state index in [1.165, 1.54) is 7.11 Å². The normalized spacial score (nSPS) is 35.9. The summed E-state index contributed by atoms with van der Waals surface area (Å²) < 4.78 is 5.90. The molecule has 4 aliphatic carbocycles. The lowest BCUT2D eigenvalue weighted by molar-refractivity contribution is -0.254. The summed E-state index contributed by atoms with van der Waals surface area (Å²) in [6, 6.07) is 19.1. The zero-order valence-corrected chi connectivity index (χ0v) is 23.8. The van der Waals surface area contributed by atoms with Crippen LogP contribution in [-0.2, 0) is 28.8 Å². The molecular weight excluding hydrogens is 512 g/mol. The van der Waals surface area contributed by atoms with Crippen molar-refractivity contribution >= 4 is 22.6 Å². The number of aliphatic hydroxyl groups is 3. The van der Waals surface area contributed by atoms with Crippen LogP contribution in [0.25, 0.3) is 16.8 Å². The molecule has 3 N–H and O–H groups in total. The summed E-state index contributed by atoms with van der Waals surface area (Å²) in [5.41, 5.74) is 4.28. The highest BCUT2D eigenvalue weighted by Crippen LogP contribution is 2.74. The van der Waals surface area contributed by atoms with Crippen molar-refractivity contribution in [3.63, 3.8) is 0 Å². The van der Waals surface area contributed by atoms with Gasteiger partial charge in [-0.3, -0.25) is 4.79 Å². The molecule has 212 valence electrons. The number of benzene rings is 3. The zero-order chi connectivity index (χ0) is 28.7. The van der Waals surface area contributed by atoms with Gasteiger partial charge in [0.15, 0.2) is 5.79 Å². The molecule has 1 spiro atoms. The Balaban J connectivity index is 1.44. The zero-order valence-electron chi connectivity index (χ0n) is 23.8. The lowest BCUT2D eigenvalue weighted by atomic mass is 9.55. The van der Waals surface area contributed by atoms with Crippen molar-refractivity contribution in [2.45, 2.75) is 56.8 Å². The fraction of sp³-hybridized carbons (Fsp3) is 0.417. The summed E-state index contributed by atoms with van der Waals surface area (Å²) in [5.74, 6) is -2.66. The number of carbonyl (C=O) groups is 1. The van der Waals surface area contributed by atoms with Gasteiger partial charge in [0.2, 0.25) is 0 Å². The minimum Gasteiger partial charge on any atom is -0.396 e. The van der Waals surface area contributed by atoms with Crippen LogP contribution in [0.1, 0.15) is 53.5 Å². The number of Topliss-reactive ketones (excluding diaryl/α,β-unsaturated/α-hetero) is 1. The number of fused-ring (bicyclic) bond motifs is 4. The number of aryl methyl sites for hydroxylation is 1. The second kappa shape index (κ2) is 9.20. The summed E-state index contributed by atoms with van der Waals surface area (Å²) >= 11 is 0. The first-order valence-corrected chi connectivity index (χ1v) is 14.8. The Morgan fingerprint density at radius 3 is 2.61 bits per heavy atom. The Morgan fingerprint density at radius 2 is 1.83 bits per heavy atom. The maximum atomic E-state index is 14.5. The van der Waals surface area contributed by atoms with Crippen LogP contribution < -0.4 is 0 Å². The molecule has 0 aliphatic heterocycles. The van der Waals surface area contributed by atoms with E-state index in [0.717, 1.165) is 44.2 Å². The van der Waals surface area contributed by atoms with E-state index in [9.17, 15) is 20.1 Å². The third kappa shape index (κ3) is 3.53. The number of rotatable bonds is 2. The Hall–Kier alpha value is -3.09. The van der Waals surface area contributed by atoms with Gasteiger partial charge in [-0.1, -0.05) is 79.8 Å². The number of aliphatic hydroxyl groups excluding tert-OH is 2. The molecule has 0 radical (unpaired) electrons. The topological polar surface area (TPSA) is 87.0 Å².